The molecule has 0 bridgehead atoms. The van der Waals surface area contributed by atoms with Crippen molar-refractivity contribution >= 4 is 35.4 Å². The molecule has 2 atom stereocenters. The van der Waals surface area contributed by atoms with E-state index in [4.69, 9.17) is 5.11 Å². The van der Waals surface area contributed by atoms with Crippen LogP contribution in [0.15, 0.2) is 41.8 Å². The first-order chi connectivity index (χ1) is 14.0. The quantitative estimate of drug-likeness (QED) is 0.230. The fourth-order valence-corrected chi connectivity index (χ4v) is 3.84. The van der Waals surface area contributed by atoms with Gasteiger partial charge in [0.1, 0.15) is 0 Å². The van der Waals surface area contributed by atoms with Gasteiger partial charge in [0.15, 0.2) is 0 Å². The zero-order valence-electron chi connectivity index (χ0n) is 16.7. The Hall–Kier alpha value is -2.28. The number of hydrogen-bond acceptors (Lipinski definition) is 4. The fourth-order valence-electron chi connectivity index (χ4n) is 3.10. The van der Waals surface area contributed by atoms with Gasteiger partial charge < -0.3 is 10.4 Å². The molecule has 0 heterocycles. The molecule has 1 aromatic rings. The molecule has 1 fully saturated rings. The van der Waals surface area contributed by atoms with Crippen LogP contribution in [0.5, 0.6) is 0 Å². The highest BCUT2D eigenvalue weighted by molar-refractivity contribution is 7.98. The number of hydrogen-bond donors (Lipinski definition) is 3. The first-order valence-electron chi connectivity index (χ1n) is 10.2. The van der Waals surface area contributed by atoms with Crippen molar-refractivity contribution in [2.45, 2.75) is 62.7 Å². The van der Waals surface area contributed by atoms with Gasteiger partial charge in [-0.05, 0) is 49.3 Å². The summed E-state index contributed by atoms with van der Waals surface area (Å²) >= 11 is 1.23. The maximum absolute atomic E-state index is 12.2. The van der Waals surface area contributed by atoms with E-state index in [1.54, 1.807) is 0 Å². The third-order valence-corrected chi connectivity index (χ3v) is 5.83. The van der Waals surface area contributed by atoms with Crippen molar-refractivity contribution in [2.24, 2.45) is 11.8 Å². The molecule has 1 aliphatic carbocycles. The van der Waals surface area contributed by atoms with Crippen LogP contribution in [0, 0.1) is 11.8 Å². The Labute approximate surface area is 176 Å². The Kier molecular flexibility index (Phi) is 9.77. The van der Waals surface area contributed by atoms with E-state index in [1.165, 1.54) is 11.9 Å². The SMILES string of the molecule is C=C[C@@H]1CC1C(=O)NSc1ccccc1NC(=O)CCCCCCCCC(=O)O. The number of carboxylic acids is 1. The van der Waals surface area contributed by atoms with Crippen molar-refractivity contribution in [2.75, 3.05) is 5.32 Å². The zero-order valence-corrected chi connectivity index (χ0v) is 17.5. The molecule has 29 heavy (non-hydrogen) atoms. The predicted octanol–water partition coefficient (Wildman–Crippen LogP) is 4.78. The van der Waals surface area contributed by atoms with Crippen molar-refractivity contribution < 1.29 is 19.5 Å². The number of para-hydroxylation sites is 1. The topological polar surface area (TPSA) is 95.5 Å². The minimum atomic E-state index is -0.742. The molecule has 2 rings (SSSR count). The lowest BCUT2D eigenvalue weighted by Crippen LogP contribution is -2.19. The maximum atomic E-state index is 12.2. The molecule has 0 aliphatic heterocycles. The minimum Gasteiger partial charge on any atom is -0.481 e. The fraction of sp³-hybridized carbons (Fsp3) is 0.500. The van der Waals surface area contributed by atoms with Gasteiger partial charge in [0, 0.05) is 18.8 Å². The number of rotatable bonds is 14. The summed E-state index contributed by atoms with van der Waals surface area (Å²) in [5.41, 5.74) is 0.701. The summed E-state index contributed by atoms with van der Waals surface area (Å²) in [5, 5.41) is 11.5. The first-order valence-corrected chi connectivity index (χ1v) is 11.0. The predicted molar refractivity (Wildman–Crippen MR) is 115 cm³/mol. The summed E-state index contributed by atoms with van der Waals surface area (Å²) in [6, 6.07) is 7.43. The largest absolute Gasteiger partial charge is 0.481 e. The minimum absolute atomic E-state index is 0.00406. The molecular weight excluding hydrogens is 388 g/mol. The van der Waals surface area contributed by atoms with Crippen LogP contribution in [0.1, 0.15) is 57.8 Å². The summed E-state index contributed by atoms with van der Waals surface area (Å²) in [6.07, 6.45) is 8.77. The van der Waals surface area contributed by atoms with Gasteiger partial charge in [0.25, 0.3) is 0 Å². The number of anilines is 1. The highest BCUT2D eigenvalue weighted by atomic mass is 32.2. The van der Waals surface area contributed by atoms with Crippen LogP contribution in [0.4, 0.5) is 5.69 Å². The molecule has 1 saturated carbocycles. The molecule has 1 aromatic carbocycles. The molecule has 0 spiro atoms. The molecule has 0 radical (unpaired) electrons. The Bertz CT molecular complexity index is 723. The van der Waals surface area contributed by atoms with Crippen LogP contribution in [0.3, 0.4) is 0 Å². The second kappa shape index (κ2) is 12.3. The monoisotopic (exact) mass is 418 g/mol. The third-order valence-electron chi connectivity index (χ3n) is 4.95. The lowest BCUT2D eigenvalue weighted by Gasteiger charge is -2.11. The molecule has 7 heteroatoms. The Balaban J connectivity index is 1.65. The number of carbonyl (C=O) groups excluding carboxylic acids is 2. The van der Waals surface area contributed by atoms with Gasteiger partial charge in [-0.15, -0.1) is 6.58 Å². The van der Waals surface area contributed by atoms with Gasteiger partial charge in [-0.2, -0.15) is 0 Å². The van der Waals surface area contributed by atoms with E-state index in [2.05, 4.69) is 16.6 Å². The summed E-state index contributed by atoms with van der Waals surface area (Å²) in [4.78, 5) is 35.6. The maximum Gasteiger partial charge on any atom is 0.303 e. The molecular formula is C22H30N2O4S. The van der Waals surface area contributed by atoms with Crippen LogP contribution >= 0.6 is 11.9 Å². The smallest absolute Gasteiger partial charge is 0.303 e. The summed E-state index contributed by atoms with van der Waals surface area (Å²) < 4.78 is 2.86. The van der Waals surface area contributed by atoms with E-state index in [9.17, 15) is 14.4 Å². The van der Waals surface area contributed by atoms with E-state index < -0.39 is 5.97 Å². The number of benzene rings is 1. The summed E-state index contributed by atoms with van der Waals surface area (Å²) in [6.45, 7) is 3.72. The molecule has 0 saturated heterocycles. The van der Waals surface area contributed by atoms with Gasteiger partial charge in [0.05, 0.1) is 10.6 Å². The first kappa shape index (κ1) is 23.0. The number of aliphatic carboxylic acids is 1. The summed E-state index contributed by atoms with van der Waals surface area (Å²) in [5.74, 6) is -0.477. The molecule has 0 aromatic heterocycles. The van der Waals surface area contributed by atoms with Crippen LogP contribution < -0.4 is 10.0 Å². The number of carboxylic acid groups (broad SMARTS) is 1. The van der Waals surface area contributed by atoms with E-state index in [-0.39, 0.29) is 30.1 Å². The van der Waals surface area contributed by atoms with Crippen LogP contribution in [-0.4, -0.2) is 22.9 Å². The molecule has 6 nitrogen and oxygen atoms in total. The standard InChI is InChI=1S/C22H30N2O4S/c1-2-16-15-17(16)22(28)24-29-19-12-10-9-11-18(19)23-20(25)13-7-5-3-4-6-8-14-21(26)27/h2,9-12,16-17H,1,3-8,13-15H2,(H,23,25)(H,24,28)(H,26,27)/t16-,17?/m1/s1. The number of carbonyl (C=O) groups is 3. The second-order valence-corrected chi connectivity index (χ2v) is 8.22. The highest BCUT2D eigenvalue weighted by Gasteiger charge is 2.40. The van der Waals surface area contributed by atoms with E-state index in [1.807, 2.05) is 30.3 Å². The molecule has 158 valence electrons. The normalized spacial score (nSPS) is 17.4. The highest BCUT2D eigenvalue weighted by Crippen LogP contribution is 2.40. The second-order valence-electron chi connectivity index (χ2n) is 7.37. The lowest BCUT2D eigenvalue weighted by molar-refractivity contribution is -0.137. The van der Waals surface area contributed by atoms with E-state index in [0.29, 0.717) is 12.1 Å². The number of allylic oxidation sites excluding steroid dienone is 1. The average molecular weight is 419 g/mol. The van der Waals surface area contributed by atoms with Crippen LogP contribution in [0.2, 0.25) is 0 Å². The molecule has 1 aliphatic rings. The number of unbranched alkanes of at least 4 members (excludes halogenated alkanes) is 5. The zero-order chi connectivity index (χ0) is 21.1. The molecule has 2 amide bonds. The van der Waals surface area contributed by atoms with Crippen LogP contribution in [0.25, 0.3) is 0 Å². The number of amides is 2. The van der Waals surface area contributed by atoms with Gasteiger partial charge in [-0.25, -0.2) is 0 Å². The average Bonchev–Trinajstić information content (AvgIpc) is 3.49. The van der Waals surface area contributed by atoms with Crippen molar-refractivity contribution in [3.63, 3.8) is 0 Å². The molecule has 3 N–H and O–H groups in total. The number of nitrogens with one attached hydrogen (secondary N) is 2. The summed E-state index contributed by atoms with van der Waals surface area (Å²) in [7, 11) is 0. The molecule has 1 unspecified atom stereocenters. The van der Waals surface area contributed by atoms with Crippen LogP contribution in [-0.2, 0) is 14.4 Å². The van der Waals surface area contributed by atoms with Gasteiger partial charge in [0.2, 0.25) is 11.8 Å². The van der Waals surface area contributed by atoms with E-state index in [0.717, 1.165) is 49.8 Å². The van der Waals surface area contributed by atoms with Gasteiger partial charge in [-0.1, -0.05) is 43.9 Å². The third kappa shape index (κ3) is 8.73. The van der Waals surface area contributed by atoms with Crippen molar-refractivity contribution in [1.82, 2.24) is 4.72 Å². The Morgan fingerprint density at radius 1 is 1.07 bits per heavy atom. The van der Waals surface area contributed by atoms with Crippen molar-refractivity contribution in [1.29, 1.82) is 0 Å². The lowest BCUT2D eigenvalue weighted by atomic mass is 10.1. The van der Waals surface area contributed by atoms with E-state index >= 15 is 0 Å². The van der Waals surface area contributed by atoms with Gasteiger partial charge in [-0.3, -0.25) is 19.1 Å². The Morgan fingerprint density at radius 2 is 1.72 bits per heavy atom. The van der Waals surface area contributed by atoms with Crippen molar-refractivity contribution in [3.05, 3.63) is 36.9 Å². The Morgan fingerprint density at radius 3 is 2.38 bits per heavy atom. The van der Waals surface area contributed by atoms with Crippen molar-refractivity contribution in [3.8, 4) is 0 Å². The van der Waals surface area contributed by atoms with Gasteiger partial charge >= 0.3 is 5.97 Å².